The first-order chi connectivity index (χ1) is 12.0. The SMILES string of the molecule is C[C@@H](NC(=O)c1ccccc1Cl)C(=O)OCCOc1cccc(Cl)c1. The molecule has 0 heterocycles. The molecule has 2 rings (SSSR count). The van der Waals surface area contributed by atoms with Crippen molar-refractivity contribution in [3.63, 3.8) is 0 Å². The fourth-order valence-corrected chi connectivity index (χ4v) is 2.36. The molecule has 0 saturated carbocycles. The first kappa shape index (κ1) is 19.1. The number of rotatable bonds is 7. The minimum atomic E-state index is -0.810. The molecule has 7 heteroatoms. The van der Waals surface area contributed by atoms with Gasteiger partial charge in [-0.3, -0.25) is 4.79 Å². The van der Waals surface area contributed by atoms with Gasteiger partial charge < -0.3 is 14.8 Å². The van der Waals surface area contributed by atoms with E-state index in [0.29, 0.717) is 21.4 Å². The molecule has 0 unspecified atom stereocenters. The average Bonchev–Trinajstić information content (AvgIpc) is 2.58. The summed E-state index contributed by atoms with van der Waals surface area (Å²) < 4.78 is 10.5. The molecule has 0 aliphatic carbocycles. The lowest BCUT2D eigenvalue weighted by atomic mass is 10.2. The van der Waals surface area contributed by atoms with Crippen molar-refractivity contribution in [2.24, 2.45) is 0 Å². The molecule has 2 aromatic carbocycles. The van der Waals surface area contributed by atoms with Crippen molar-refractivity contribution < 1.29 is 19.1 Å². The second-order valence-corrected chi connectivity index (χ2v) is 5.99. The van der Waals surface area contributed by atoms with Crippen LogP contribution in [-0.2, 0) is 9.53 Å². The van der Waals surface area contributed by atoms with E-state index >= 15 is 0 Å². The predicted octanol–water partition coefficient (Wildman–Crippen LogP) is 3.73. The summed E-state index contributed by atoms with van der Waals surface area (Å²) in [5, 5.41) is 3.42. The van der Waals surface area contributed by atoms with E-state index < -0.39 is 17.9 Å². The number of ether oxygens (including phenoxy) is 2. The van der Waals surface area contributed by atoms with Crippen molar-refractivity contribution in [1.29, 1.82) is 0 Å². The van der Waals surface area contributed by atoms with Gasteiger partial charge in [0, 0.05) is 5.02 Å². The molecule has 1 amide bonds. The second kappa shape index (κ2) is 9.30. The van der Waals surface area contributed by atoms with E-state index in [9.17, 15) is 9.59 Å². The molecule has 1 atom stereocenters. The standard InChI is InChI=1S/C18H17Cl2NO4/c1-12(21-17(22)15-7-2-3-8-16(15)20)18(23)25-10-9-24-14-6-4-5-13(19)11-14/h2-8,11-12H,9-10H2,1H3,(H,21,22)/t12-/m1/s1. The van der Waals surface area contributed by atoms with Crippen LogP contribution in [0.25, 0.3) is 0 Å². The van der Waals surface area contributed by atoms with E-state index in [1.54, 1.807) is 48.5 Å². The molecule has 1 N–H and O–H groups in total. The Kier molecular flexibility index (Phi) is 7.10. The summed E-state index contributed by atoms with van der Waals surface area (Å²) in [6.45, 7) is 1.77. The van der Waals surface area contributed by atoms with Crippen LogP contribution in [0.3, 0.4) is 0 Å². The van der Waals surface area contributed by atoms with Gasteiger partial charge in [0.1, 0.15) is 25.0 Å². The van der Waals surface area contributed by atoms with Gasteiger partial charge in [0.05, 0.1) is 10.6 Å². The van der Waals surface area contributed by atoms with Crippen LogP contribution in [0.2, 0.25) is 10.0 Å². The van der Waals surface area contributed by atoms with Gasteiger partial charge in [-0.2, -0.15) is 0 Å². The molecule has 0 radical (unpaired) electrons. The molecule has 0 aromatic heterocycles. The molecule has 2 aromatic rings. The molecule has 0 fully saturated rings. The lowest BCUT2D eigenvalue weighted by molar-refractivity contribution is -0.146. The Bertz CT molecular complexity index is 751. The maximum absolute atomic E-state index is 12.1. The number of carbonyl (C=O) groups excluding carboxylic acids is 2. The minimum Gasteiger partial charge on any atom is -0.490 e. The maximum Gasteiger partial charge on any atom is 0.328 e. The van der Waals surface area contributed by atoms with E-state index in [2.05, 4.69) is 5.32 Å². The van der Waals surface area contributed by atoms with Gasteiger partial charge in [-0.05, 0) is 37.3 Å². The van der Waals surface area contributed by atoms with Gasteiger partial charge in [0.25, 0.3) is 5.91 Å². The molecule has 0 spiro atoms. The van der Waals surface area contributed by atoms with Gasteiger partial charge in [0.2, 0.25) is 0 Å². The maximum atomic E-state index is 12.1. The molecule has 0 aliphatic rings. The van der Waals surface area contributed by atoms with Crippen molar-refractivity contribution in [2.75, 3.05) is 13.2 Å². The number of halogens is 2. The van der Waals surface area contributed by atoms with E-state index in [1.807, 2.05) is 0 Å². The van der Waals surface area contributed by atoms with E-state index in [1.165, 1.54) is 6.92 Å². The van der Waals surface area contributed by atoms with E-state index in [-0.39, 0.29) is 13.2 Å². The largest absolute Gasteiger partial charge is 0.490 e. The van der Waals surface area contributed by atoms with E-state index in [0.717, 1.165) is 0 Å². The summed E-state index contributed by atoms with van der Waals surface area (Å²) in [4.78, 5) is 24.0. The summed E-state index contributed by atoms with van der Waals surface area (Å²) in [6, 6.07) is 12.7. The highest BCUT2D eigenvalue weighted by Crippen LogP contribution is 2.17. The highest BCUT2D eigenvalue weighted by molar-refractivity contribution is 6.33. The van der Waals surface area contributed by atoms with Crippen LogP contribution in [0, 0.1) is 0 Å². The number of esters is 1. The number of benzene rings is 2. The summed E-state index contributed by atoms with van der Waals surface area (Å²) in [5.74, 6) is -0.413. The molecule has 5 nitrogen and oxygen atoms in total. The molecule has 0 bridgehead atoms. The van der Waals surface area contributed by atoms with Crippen LogP contribution in [0.15, 0.2) is 48.5 Å². The van der Waals surface area contributed by atoms with Crippen LogP contribution in [0.5, 0.6) is 5.75 Å². The average molecular weight is 382 g/mol. The Labute approximate surface area is 155 Å². The number of carbonyl (C=O) groups is 2. The Morgan fingerprint density at radius 1 is 1.08 bits per heavy atom. The zero-order valence-corrected chi connectivity index (χ0v) is 15.0. The number of nitrogens with one attached hydrogen (secondary N) is 1. The van der Waals surface area contributed by atoms with Crippen molar-refractivity contribution in [3.8, 4) is 5.75 Å². The summed E-state index contributed by atoms with van der Waals surface area (Å²) in [6.07, 6.45) is 0. The fourth-order valence-electron chi connectivity index (χ4n) is 1.96. The third-order valence-corrected chi connectivity index (χ3v) is 3.78. The summed E-state index contributed by atoms with van der Waals surface area (Å²) in [7, 11) is 0. The molecule has 0 saturated heterocycles. The van der Waals surface area contributed by atoms with Crippen LogP contribution in [-0.4, -0.2) is 31.1 Å². The molecule has 0 aliphatic heterocycles. The lowest BCUT2D eigenvalue weighted by Crippen LogP contribution is -2.40. The van der Waals surface area contributed by atoms with Gasteiger partial charge in [-0.1, -0.05) is 41.4 Å². The van der Waals surface area contributed by atoms with Crippen LogP contribution < -0.4 is 10.1 Å². The van der Waals surface area contributed by atoms with Gasteiger partial charge in [-0.25, -0.2) is 4.79 Å². The summed E-state index contributed by atoms with van der Waals surface area (Å²) in [5.41, 5.74) is 0.299. The zero-order valence-electron chi connectivity index (χ0n) is 13.5. The topological polar surface area (TPSA) is 64.6 Å². The quantitative estimate of drug-likeness (QED) is 0.586. The van der Waals surface area contributed by atoms with Crippen molar-refractivity contribution in [3.05, 3.63) is 64.1 Å². The Morgan fingerprint density at radius 3 is 2.56 bits per heavy atom. The van der Waals surface area contributed by atoms with Crippen LogP contribution in [0.1, 0.15) is 17.3 Å². The van der Waals surface area contributed by atoms with Gasteiger partial charge in [0.15, 0.2) is 0 Å². The van der Waals surface area contributed by atoms with Crippen LogP contribution >= 0.6 is 23.2 Å². The van der Waals surface area contributed by atoms with E-state index in [4.69, 9.17) is 32.7 Å². The fraction of sp³-hybridized carbons (Fsp3) is 0.222. The van der Waals surface area contributed by atoms with Crippen molar-refractivity contribution in [1.82, 2.24) is 5.32 Å². The van der Waals surface area contributed by atoms with Crippen molar-refractivity contribution >= 4 is 35.1 Å². The first-order valence-corrected chi connectivity index (χ1v) is 8.33. The smallest absolute Gasteiger partial charge is 0.328 e. The predicted molar refractivity (Wildman–Crippen MR) is 96.3 cm³/mol. The minimum absolute atomic E-state index is 0.0532. The Morgan fingerprint density at radius 2 is 1.84 bits per heavy atom. The lowest BCUT2D eigenvalue weighted by Gasteiger charge is -2.14. The molecular weight excluding hydrogens is 365 g/mol. The normalized spacial score (nSPS) is 11.5. The third-order valence-electron chi connectivity index (χ3n) is 3.21. The molecule has 25 heavy (non-hydrogen) atoms. The highest BCUT2D eigenvalue weighted by Gasteiger charge is 2.19. The number of hydrogen-bond acceptors (Lipinski definition) is 4. The summed E-state index contributed by atoms with van der Waals surface area (Å²) >= 11 is 11.8. The second-order valence-electron chi connectivity index (χ2n) is 5.15. The van der Waals surface area contributed by atoms with Gasteiger partial charge in [-0.15, -0.1) is 0 Å². The van der Waals surface area contributed by atoms with Crippen molar-refractivity contribution in [2.45, 2.75) is 13.0 Å². The molecular formula is C18H17Cl2NO4. The number of hydrogen-bond donors (Lipinski definition) is 1. The Hall–Kier alpha value is -2.24. The molecule has 132 valence electrons. The highest BCUT2D eigenvalue weighted by atomic mass is 35.5. The monoisotopic (exact) mass is 381 g/mol. The zero-order chi connectivity index (χ0) is 18.2. The number of amides is 1. The third kappa shape index (κ3) is 5.96. The Balaban J connectivity index is 1.75. The van der Waals surface area contributed by atoms with Gasteiger partial charge >= 0.3 is 5.97 Å². The first-order valence-electron chi connectivity index (χ1n) is 7.58. The van der Waals surface area contributed by atoms with Crippen LogP contribution in [0.4, 0.5) is 0 Å².